The molecule has 1 aliphatic rings. The second-order valence-corrected chi connectivity index (χ2v) is 8.97. The third kappa shape index (κ3) is 5.81. The molecule has 0 bridgehead atoms. The van der Waals surface area contributed by atoms with Gasteiger partial charge in [0.05, 0.1) is 11.9 Å². The van der Waals surface area contributed by atoms with Crippen LogP contribution >= 0.6 is 0 Å². The summed E-state index contributed by atoms with van der Waals surface area (Å²) in [5.41, 5.74) is 0.201. The first-order valence-electron chi connectivity index (χ1n) is 8.25. The highest BCUT2D eigenvalue weighted by molar-refractivity contribution is 7.92. The molecule has 25 heavy (non-hydrogen) atoms. The Balaban J connectivity index is 2.06. The molecule has 0 fully saturated rings. The van der Waals surface area contributed by atoms with Crippen LogP contribution in [0.25, 0.3) is 0 Å². The van der Waals surface area contributed by atoms with Gasteiger partial charge in [0.25, 0.3) is 0 Å². The van der Waals surface area contributed by atoms with Crippen LogP contribution in [0.4, 0.5) is 5.69 Å². The first-order chi connectivity index (χ1) is 11.6. The van der Waals surface area contributed by atoms with Crippen LogP contribution in [0.2, 0.25) is 0 Å². The molecule has 0 saturated carbocycles. The van der Waals surface area contributed by atoms with Crippen molar-refractivity contribution >= 4 is 21.6 Å². The minimum absolute atomic E-state index is 0.0943. The lowest BCUT2D eigenvalue weighted by Gasteiger charge is -2.25. The Labute approximate surface area is 149 Å². The summed E-state index contributed by atoms with van der Waals surface area (Å²) in [6.07, 6.45) is 1.83. The van der Waals surface area contributed by atoms with Gasteiger partial charge in [-0.3, -0.25) is 9.10 Å². The van der Waals surface area contributed by atoms with Crippen LogP contribution in [0.15, 0.2) is 18.2 Å². The number of ether oxygens (including phenoxy) is 2. The molecule has 1 heterocycles. The Morgan fingerprint density at radius 3 is 2.44 bits per heavy atom. The molecule has 0 aliphatic carbocycles. The van der Waals surface area contributed by atoms with E-state index in [-0.39, 0.29) is 24.4 Å². The standard InChI is InChI=1S/C17H26N2O5S/c1-17(2,3)18-16(20)6-5-9-19(25(4,21)22)13-7-8-14-15(12-13)24-11-10-23-14/h7-8,12H,5-6,9-11H2,1-4H3,(H,18,20). The minimum Gasteiger partial charge on any atom is -0.486 e. The number of hydrogen-bond acceptors (Lipinski definition) is 5. The number of nitrogens with zero attached hydrogens (tertiary/aromatic N) is 1. The summed E-state index contributed by atoms with van der Waals surface area (Å²) in [7, 11) is -3.47. The molecule has 1 N–H and O–H groups in total. The fraction of sp³-hybridized carbons (Fsp3) is 0.588. The van der Waals surface area contributed by atoms with Gasteiger partial charge in [0, 0.05) is 24.6 Å². The fourth-order valence-corrected chi connectivity index (χ4v) is 3.49. The van der Waals surface area contributed by atoms with Crippen molar-refractivity contribution in [2.24, 2.45) is 0 Å². The first-order valence-corrected chi connectivity index (χ1v) is 10.1. The van der Waals surface area contributed by atoms with Gasteiger partial charge in [-0.15, -0.1) is 0 Å². The monoisotopic (exact) mass is 370 g/mol. The van der Waals surface area contributed by atoms with E-state index >= 15 is 0 Å². The van der Waals surface area contributed by atoms with E-state index in [1.807, 2.05) is 20.8 Å². The molecular formula is C17H26N2O5S. The summed E-state index contributed by atoms with van der Waals surface area (Å²) in [6, 6.07) is 5.04. The van der Waals surface area contributed by atoms with Crippen LogP contribution in [-0.4, -0.2) is 45.9 Å². The molecule has 2 rings (SSSR count). The molecule has 1 amide bonds. The number of carbonyl (C=O) groups is 1. The van der Waals surface area contributed by atoms with Gasteiger partial charge >= 0.3 is 0 Å². The van der Waals surface area contributed by atoms with Crippen molar-refractivity contribution in [3.63, 3.8) is 0 Å². The molecule has 1 aliphatic heterocycles. The topological polar surface area (TPSA) is 84.9 Å². The molecule has 0 aromatic heterocycles. The van der Waals surface area contributed by atoms with E-state index < -0.39 is 10.0 Å². The average Bonchev–Trinajstić information content (AvgIpc) is 2.48. The number of benzene rings is 1. The third-order valence-corrected chi connectivity index (χ3v) is 4.69. The van der Waals surface area contributed by atoms with Crippen molar-refractivity contribution in [1.82, 2.24) is 5.32 Å². The summed E-state index contributed by atoms with van der Waals surface area (Å²) >= 11 is 0. The van der Waals surface area contributed by atoms with Crippen molar-refractivity contribution < 1.29 is 22.7 Å². The van der Waals surface area contributed by atoms with Crippen LogP contribution in [0.1, 0.15) is 33.6 Å². The van der Waals surface area contributed by atoms with Crippen molar-refractivity contribution in [3.05, 3.63) is 18.2 Å². The molecule has 140 valence electrons. The number of nitrogens with one attached hydrogen (secondary N) is 1. The number of anilines is 1. The molecule has 0 radical (unpaired) electrons. The predicted octanol–water partition coefficient (Wildman–Crippen LogP) is 1.92. The fourth-order valence-electron chi connectivity index (χ4n) is 2.54. The lowest BCUT2D eigenvalue weighted by molar-refractivity contribution is -0.122. The van der Waals surface area contributed by atoms with E-state index in [1.165, 1.54) is 4.31 Å². The average molecular weight is 370 g/mol. The Bertz CT molecular complexity index is 725. The molecule has 0 saturated heterocycles. The van der Waals surface area contributed by atoms with Crippen molar-refractivity contribution in [2.75, 3.05) is 30.3 Å². The zero-order valence-corrected chi connectivity index (χ0v) is 16.0. The maximum atomic E-state index is 12.2. The van der Waals surface area contributed by atoms with Crippen LogP contribution in [0, 0.1) is 0 Å². The highest BCUT2D eigenvalue weighted by Crippen LogP contribution is 2.34. The molecule has 0 unspecified atom stereocenters. The summed E-state index contributed by atoms with van der Waals surface area (Å²) in [5, 5.41) is 2.87. The van der Waals surface area contributed by atoms with Gasteiger partial charge in [-0.1, -0.05) is 0 Å². The number of sulfonamides is 1. The Kier molecular flexibility index (Phi) is 5.82. The van der Waals surface area contributed by atoms with Crippen molar-refractivity contribution in [2.45, 2.75) is 39.2 Å². The van der Waals surface area contributed by atoms with Gasteiger partial charge in [-0.05, 0) is 39.3 Å². The maximum Gasteiger partial charge on any atom is 0.232 e. The van der Waals surface area contributed by atoms with E-state index in [1.54, 1.807) is 18.2 Å². The predicted molar refractivity (Wildman–Crippen MR) is 96.8 cm³/mol. The highest BCUT2D eigenvalue weighted by atomic mass is 32.2. The third-order valence-electron chi connectivity index (χ3n) is 3.49. The zero-order chi connectivity index (χ0) is 18.7. The molecule has 8 heteroatoms. The SMILES string of the molecule is CC(C)(C)NC(=O)CCCN(c1ccc2c(c1)OCCO2)S(C)(=O)=O. The summed E-state index contributed by atoms with van der Waals surface area (Å²) in [4.78, 5) is 11.9. The summed E-state index contributed by atoms with van der Waals surface area (Å²) in [6.45, 7) is 6.85. The normalized spacial score (nSPS) is 14.1. The maximum absolute atomic E-state index is 12.2. The number of amides is 1. The van der Waals surface area contributed by atoms with E-state index in [4.69, 9.17) is 9.47 Å². The molecule has 1 aromatic rings. The largest absolute Gasteiger partial charge is 0.486 e. The van der Waals surface area contributed by atoms with E-state index in [0.717, 1.165) is 6.26 Å². The van der Waals surface area contributed by atoms with Crippen molar-refractivity contribution in [1.29, 1.82) is 0 Å². The summed E-state index contributed by atoms with van der Waals surface area (Å²) < 4.78 is 36.6. The van der Waals surface area contributed by atoms with Gasteiger partial charge in [-0.2, -0.15) is 0 Å². The molecule has 0 atom stereocenters. The van der Waals surface area contributed by atoms with E-state index in [0.29, 0.717) is 36.8 Å². The van der Waals surface area contributed by atoms with Gasteiger partial charge < -0.3 is 14.8 Å². The number of carbonyl (C=O) groups excluding carboxylic acids is 1. The second-order valence-electron chi connectivity index (χ2n) is 7.06. The lowest BCUT2D eigenvalue weighted by atomic mass is 10.1. The van der Waals surface area contributed by atoms with Crippen LogP contribution in [-0.2, 0) is 14.8 Å². The zero-order valence-electron chi connectivity index (χ0n) is 15.2. The number of rotatable bonds is 6. The minimum atomic E-state index is -3.47. The van der Waals surface area contributed by atoms with E-state index in [2.05, 4.69) is 5.32 Å². The number of fused-ring (bicyclic) bond motifs is 1. The van der Waals surface area contributed by atoms with Crippen molar-refractivity contribution in [3.8, 4) is 11.5 Å². The lowest BCUT2D eigenvalue weighted by Crippen LogP contribution is -2.41. The Hall–Kier alpha value is -1.96. The second kappa shape index (κ2) is 7.51. The van der Waals surface area contributed by atoms with Gasteiger partial charge in [0.15, 0.2) is 11.5 Å². The summed E-state index contributed by atoms with van der Waals surface area (Å²) in [5.74, 6) is 1.04. The van der Waals surface area contributed by atoms with Gasteiger partial charge in [-0.25, -0.2) is 8.42 Å². The molecule has 1 aromatic carbocycles. The molecule has 7 nitrogen and oxygen atoms in total. The smallest absolute Gasteiger partial charge is 0.232 e. The van der Waals surface area contributed by atoms with Crippen LogP contribution < -0.4 is 19.1 Å². The Morgan fingerprint density at radius 1 is 1.20 bits per heavy atom. The van der Waals surface area contributed by atoms with Gasteiger partial charge in [0.1, 0.15) is 13.2 Å². The molecule has 0 spiro atoms. The highest BCUT2D eigenvalue weighted by Gasteiger charge is 2.21. The molecular weight excluding hydrogens is 344 g/mol. The van der Waals surface area contributed by atoms with E-state index in [9.17, 15) is 13.2 Å². The van der Waals surface area contributed by atoms with Crippen LogP contribution in [0.5, 0.6) is 11.5 Å². The van der Waals surface area contributed by atoms with Gasteiger partial charge in [0.2, 0.25) is 15.9 Å². The van der Waals surface area contributed by atoms with Crippen LogP contribution in [0.3, 0.4) is 0 Å². The first kappa shape index (κ1) is 19.4. The Morgan fingerprint density at radius 2 is 1.84 bits per heavy atom. The quantitative estimate of drug-likeness (QED) is 0.827. The number of hydrogen-bond donors (Lipinski definition) is 1.